The maximum absolute atomic E-state index is 12.3. The first-order valence-electron chi connectivity index (χ1n) is 8.72. The number of rotatable bonds is 9. The van der Waals surface area contributed by atoms with Crippen molar-refractivity contribution in [3.05, 3.63) is 0 Å². The van der Waals surface area contributed by atoms with Crippen LogP contribution in [0.15, 0.2) is 0 Å². The molecule has 1 aliphatic carbocycles. The number of amides is 1. The van der Waals surface area contributed by atoms with Crippen LogP contribution in [0.2, 0.25) is 0 Å². The molecule has 1 rings (SSSR count). The molecule has 1 aliphatic rings. The Labute approximate surface area is 139 Å². The van der Waals surface area contributed by atoms with Crippen molar-refractivity contribution < 1.29 is 19.4 Å². The van der Waals surface area contributed by atoms with Crippen molar-refractivity contribution in [1.82, 2.24) is 5.32 Å². The van der Waals surface area contributed by atoms with Gasteiger partial charge in [-0.15, -0.1) is 0 Å². The van der Waals surface area contributed by atoms with Crippen LogP contribution in [-0.2, 0) is 9.36 Å². The van der Waals surface area contributed by atoms with Crippen molar-refractivity contribution in [3.8, 4) is 0 Å². The van der Waals surface area contributed by atoms with Crippen LogP contribution in [0.25, 0.3) is 0 Å². The molecule has 0 heterocycles. The predicted molar refractivity (Wildman–Crippen MR) is 92.6 cm³/mol. The Morgan fingerprint density at radius 2 is 1.91 bits per heavy atom. The predicted octanol–water partition coefficient (Wildman–Crippen LogP) is 1.69. The van der Waals surface area contributed by atoms with Gasteiger partial charge in [0.05, 0.1) is 18.3 Å². The summed E-state index contributed by atoms with van der Waals surface area (Å²) in [5.74, 6) is 0.285. The molecule has 0 radical (unpaired) electrons. The fourth-order valence-electron chi connectivity index (χ4n) is 3.21. The summed E-state index contributed by atoms with van der Waals surface area (Å²) in [5, 5.41) is 12.5. The van der Waals surface area contributed by atoms with Crippen molar-refractivity contribution in [3.63, 3.8) is 0 Å². The van der Waals surface area contributed by atoms with Gasteiger partial charge in [0.1, 0.15) is 0 Å². The van der Waals surface area contributed by atoms with Gasteiger partial charge in [0.2, 0.25) is 13.3 Å². The van der Waals surface area contributed by atoms with E-state index in [4.69, 9.17) is 5.73 Å². The maximum atomic E-state index is 12.3. The SMILES string of the molecule is CC(C)CC(N)C(=O)NCC(O)CP(=O)(O)CC1CCCCC1. The average Bonchev–Trinajstić information content (AvgIpc) is 2.43. The Balaban J connectivity index is 2.32. The Kier molecular flexibility index (Phi) is 8.76. The normalized spacial score (nSPS) is 21.7. The molecule has 0 aromatic heterocycles. The lowest BCUT2D eigenvalue weighted by Crippen LogP contribution is -2.44. The summed E-state index contributed by atoms with van der Waals surface area (Å²) in [6.07, 6.45) is 5.13. The van der Waals surface area contributed by atoms with Crippen LogP contribution in [0.5, 0.6) is 0 Å². The first-order valence-corrected chi connectivity index (χ1v) is 10.7. The van der Waals surface area contributed by atoms with Crippen molar-refractivity contribution >= 4 is 13.3 Å². The van der Waals surface area contributed by atoms with Crippen LogP contribution in [-0.4, -0.2) is 46.9 Å². The van der Waals surface area contributed by atoms with Crippen LogP contribution >= 0.6 is 7.37 Å². The number of carbonyl (C=O) groups excluding carboxylic acids is 1. The second-order valence-corrected chi connectivity index (χ2v) is 9.77. The Bertz CT molecular complexity index is 411. The molecule has 23 heavy (non-hydrogen) atoms. The molecule has 0 saturated heterocycles. The summed E-state index contributed by atoms with van der Waals surface area (Å²) in [5.41, 5.74) is 5.76. The minimum absolute atomic E-state index is 0.0279. The molecule has 1 fully saturated rings. The lowest BCUT2D eigenvalue weighted by atomic mass is 9.91. The number of aliphatic hydroxyl groups excluding tert-OH is 1. The van der Waals surface area contributed by atoms with Crippen LogP contribution < -0.4 is 11.1 Å². The van der Waals surface area contributed by atoms with Gasteiger partial charge >= 0.3 is 0 Å². The highest BCUT2D eigenvalue weighted by atomic mass is 31.2. The van der Waals surface area contributed by atoms with E-state index in [0.717, 1.165) is 25.7 Å². The van der Waals surface area contributed by atoms with Crippen LogP contribution in [0.3, 0.4) is 0 Å². The summed E-state index contributed by atoms with van der Waals surface area (Å²) < 4.78 is 12.3. The molecule has 136 valence electrons. The Morgan fingerprint density at radius 1 is 1.30 bits per heavy atom. The van der Waals surface area contributed by atoms with Crippen molar-refractivity contribution in [2.75, 3.05) is 18.9 Å². The first kappa shape index (κ1) is 20.6. The smallest absolute Gasteiger partial charge is 0.237 e. The largest absolute Gasteiger partial charge is 0.391 e. The monoisotopic (exact) mass is 348 g/mol. The molecule has 0 aromatic carbocycles. The summed E-state index contributed by atoms with van der Waals surface area (Å²) in [6, 6.07) is -0.606. The zero-order chi connectivity index (χ0) is 17.5. The minimum Gasteiger partial charge on any atom is -0.391 e. The Hall–Kier alpha value is -0.420. The highest BCUT2D eigenvalue weighted by Gasteiger charge is 2.28. The van der Waals surface area contributed by atoms with E-state index in [1.165, 1.54) is 6.42 Å². The van der Waals surface area contributed by atoms with E-state index in [9.17, 15) is 19.4 Å². The van der Waals surface area contributed by atoms with Crippen molar-refractivity contribution in [2.45, 2.75) is 64.5 Å². The molecule has 0 spiro atoms. The highest BCUT2D eigenvalue weighted by Crippen LogP contribution is 2.45. The average molecular weight is 348 g/mol. The fourth-order valence-corrected chi connectivity index (χ4v) is 5.31. The topological polar surface area (TPSA) is 113 Å². The molecule has 7 heteroatoms. The molecule has 0 aliphatic heterocycles. The zero-order valence-corrected chi connectivity index (χ0v) is 15.3. The molecule has 5 N–H and O–H groups in total. The van der Waals surface area contributed by atoms with E-state index in [0.29, 0.717) is 18.3 Å². The van der Waals surface area contributed by atoms with Gasteiger partial charge in [-0.25, -0.2) is 0 Å². The number of carbonyl (C=O) groups is 1. The molecule has 0 aromatic rings. The summed E-state index contributed by atoms with van der Waals surface area (Å²) in [6.45, 7) is 3.93. The van der Waals surface area contributed by atoms with E-state index in [2.05, 4.69) is 5.32 Å². The lowest BCUT2D eigenvalue weighted by Gasteiger charge is -2.25. The van der Waals surface area contributed by atoms with Gasteiger partial charge in [-0.3, -0.25) is 9.36 Å². The van der Waals surface area contributed by atoms with Crippen LogP contribution in [0, 0.1) is 11.8 Å². The fraction of sp³-hybridized carbons (Fsp3) is 0.938. The van der Waals surface area contributed by atoms with Gasteiger partial charge in [-0.2, -0.15) is 0 Å². The third kappa shape index (κ3) is 8.85. The lowest BCUT2D eigenvalue weighted by molar-refractivity contribution is -0.123. The first-order chi connectivity index (χ1) is 10.7. The number of hydrogen-bond donors (Lipinski definition) is 4. The van der Waals surface area contributed by atoms with Gasteiger partial charge in [0.15, 0.2) is 0 Å². The standard InChI is InChI=1S/C16H33N2O4P/c1-12(2)8-15(17)16(20)18-9-14(19)11-23(21,22)10-13-6-4-3-5-7-13/h12-15,19H,3-11,17H2,1-2H3,(H,18,20)(H,21,22). The molecule has 0 bridgehead atoms. The molecule has 3 atom stereocenters. The number of hydrogen-bond acceptors (Lipinski definition) is 4. The number of aliphatic hydroxyl groups is 1. The van der Waals surface area contributed by atoms with E-state index in [1.807, 2.05) is 13.8 Å². The molecule has 6 nitrogen and oxygen atoms in total. The molecular formula is C16H33N2O4P. The highest BCUT2D eigenvalue weighted by molar-refractivity contribution is 7.58. The van der Waals surface area contributed by atoms with Gasteiger partial charge in [-0.05, 0) is 31.1 Å². The van der Waals surface area contributed by atoms with Gasteiger partial charge < -0.3 is 21.1 Å². The third-order valence-corrected chi connectivity index (χ3v) is 6.42. The molecular weight excluding hydrogens is 315 g/mol. The van der Waals surface area contributed by atoms with E-state index >= 15 is 0 Å². The van der Waals surface area contributed by atoms with E-state index in [-0.39, 0.29) is 24.8 Å². The summed E-state index contributed by atoms with van der Waals surface area (Å²) in [4.78, 5) is 21.9. The summed E-state index contributed by atoms with van der Waals surface area (Å²) in [7, 11) is -3.36. The second kappa shape index (κ2) is 9.77. The molecule has 3 unspecified atom stereocenters. The van der Waals surface area contributed by atoms with Gasteiger partial charge in [0.25, 0.3) is 0 Å². The van der Waals surface area contributed by atoms with Crippen molar-refractivity contribution in [1.29, 1.82) is 0 Å². The maximum Gasteiger partial charge on any atom is 0.237 e. The van der Waals surface area contributed by atoms with Crippen LogP contribution in [0.1, 0.15) is 52.4 Å². The zero-order valence-electron chi connectivity index (χ0n) is 14.4. The number of nitrogens with two attached hydrogens (primary N) is 1. The molecule has 1 amide bonds. The van der Waals surface area contributed by atoms with Gasteiger partial charge in [0, 0.05) is 12.7 Å². The molecule has 1 saturated carbocycles. The minimum atomic E-state index is -3.36. The third-order valence-electron chi connectivity index (χ3n) is 4.34. The Morgan fingerprint density at radius 3 is 2.48 bits per heavy atom. The number of nitrogens with one attached hydrogen (secondary N) is 1. The van der Waals surface area contributed by atoms with Crippen molar-refractivity contribution in [2.24, 2.45) is 17.6 Å². The van der Waals surface area contributed by atoms with E-state index in [1.54, 1.807) is 0 Å². The summed E-state index contributed by atoms with van der Waals surface area (Å²) >= 11 is 0. The second-order valence-electron chi connectivity index (χ2n) is 7.35. The van der Waals surface area contributed by atoms with Crippen LogP contribution in [0.4, 0.5) is 0 Å². The quantitative estimate of drug-likeness (QED) is 0.474. The van der Waals surface area contributed by atoms with Gasteiger partial charge in [-0.1, -0.05) is 33.1 Å². The van der Waals surface area contributed by atoms with E-state index < -0.39 is 19.5 Å².